The summed E-state index contributed by atoms with van der Waals surface area (Å²) < 4.78 is 0. The van der Waals surface area contributed by atoms with Crippen molar-refractivity contribution >= 4 is 16.7 Å². The highest BCUT2D eigenvalue weighted by Crippen LogP contribution is 2.26. The van der Waals surface area contributed by atoms with Crippen molar-refractivity contribution in [2.45, 2.75) is 0 Å². The fourth-order valence-electron chi connectivity index (χ4n) is 2.03. The van der Waals surface area contributed by atoms with Gasteiger partial charge in [0.05, 0.1) is 11.2 Å². The summed E-state index contributed by atoms with van der Waals surface area (Å²) in [5.74, 6) is -0.0951. The third kappa shape index (κ3) is 2.14. The molecule has 0 aliphatic heterocycles. The topological polar surface area (TPSA) is 62.1 Å². The number of anilines is 1. The maximum absolute atomic E-state index is 9.93. The van der Waals surface area contributed by atoms with Gasteiger partial charge >= 0.3 is 0 Å². The van der Waals surface area contributed by atoms with Crippen LogP contribution in [0.2, 0.25) is 0 Å². The van der Waals surface area contributed by atoms with E-state index in [0.29, 0.717) is 16.7 Å². The van der Waals surface area contributed by atoms with Gasteiger partial charge in [0.2, 0.25) is 5.88 Å². The number of fused-ring (bicyclic) bond motifs is 1. The zero-order valence-corrected chi connectivity index (χ0v) is 11.3. The van der Waals surface area contributed by atoms with Gasteiger partial charge in [0.15, 0.2) is 5.52 Å². The Morgan fingerprint density at radius 3 is 2.40 bits per heavy atom. The molecule has 3 rings (SSSR count). The molecule has 0 aliphatic rings. The molecular weight excluding hydrogens is 252 g/mol. The van der Waals surface area contributed by atoms with Crippen molar-refractivity contribution in [3.63, 3.8) is 0 Å². The Hall–Kier alpha value is -2.69. The summed E-state index contributed by atoms with van der Waals surface area (Å²) in [6, 6.07) is 9.79. The molecule has 0 aliphatic carbocycles. The van der Waals surface area contributed by atoms with Crippen molar-refractivity contribution in [1.29, 1.82) is 0 Å². The number of rotatable bonds is 2. The lowest BCUT2D eigenvalue weighted by atomic mass is 10.1. The first-order valence-corrected chi connectivity index (χ1v) is 6.23. The largest absolute Gasteiger partial charge is 0.492 e. The molecule has 20 heavy (non-hydrogen) atoms. The third-order valence-corrected chi connectivity index (χ3v) is 3.12. The molecule has 0 unspecified atom stereocenters. The van der Waals surface area contributed by atoms with Gasteiger partial charge in [0.25, 0.3) is 0 Å². The first kappa shape index (κ1) is 12.3. The molecule has 0 fully saturated rings. The van der Waals surface area contributed by atoms with Crippen LogP contribution in [-0.4, -0.2) is 34.2 Å². The van der Waals surface area contributed by atoms with Crippen molar-refractivity contribution in [2.24, 2.45) is 0 Å². The number of aromatic hydroxyl groups is 1. The van der Waals surface area contributed by atoms with E-state index in [4.69, 9.17) is 0 Å². The SMILES string of the molecule is CN(C)c1ccc(-c2cc3nccnc3c(O)n2)cc1. The minimum atomic E-state index is -0.0951. The first-order chi connectivity index (χ1) is 9.65. The molecule has 0 saturated carbocycles. The number of pyridine rings is 1. The van der Waals surface area contributed by atoms with Crippen molar-refractivity contribution in [1.82, 2.24) is 15.0 Å². The summed E-state index contributed by atoms with van der Waals surface area (Å²) >= 11 is 0. The molecule has 0 spiro atoms. The number of benzene rings is 1. The van der Waals surface area contributed by atoms with Gasteiger partial charge in [0.1, 0.15) is 0 Å². The Labute approximate surface area is 116 Å². The van der Waals surface area contributed by atoms with Crippen LogP contribution in [0.3, 0.4) is 0 Å². The van der Waals surface area contributed by atoms with Gasteiger partial charge in [-0.25, -0.2) is 9.97 Å². The maximum Gasteiger partial charge on any atom is 0.240 e. The minimum Gasteiger partial charge on any atom is -0.492 e. The Balaban J connectivity index is 2.10. The monoisotopic (exact) mass is 266 g/mol. The van der Waals surface area contributed by atoms with Crippen LogP contribution in [0.1, 0.15) is 0 Å². The molecule has 0 atom stereocenters. The number of nitrogens with zero attached hydrogens (tertiary/aromatic N) is 4. The molecule has 5 nitrogen and oxygen atoms in total. The Kier molecular flexibility index (Phi) is 2.95. The van der Waals surface area contributed by atoms with E-state index in [9.17, 15) is 5.11 Å². The lowest BCUT2D eigenvalue weighted by Crippen LogP contribution is -2.07. The highest BCUT2D eigenvalue weighted by molar-refractivity contribution is 5.83. The van der Waals surface area contributed by atoms with E-state index >= 15 is 0 Å². The molecular formula is C15H14N4O. The van der Waals surface area contributed by atoms with E-state index < -0.39 is 0 Å². The molecule has 1 aromatic carbocycles. The van der Waals surface area contributed by atoms with Crippen LogP contribution in [-0.2, 0) is 0 Å². The summed E-state index contributed by atoms with van der Waals surface area (Å²) in [5.41, 5.74) is 3.77. The summed E-state index contributed by atoms with van der Waals surface area (Å²) in [7, 11) is 3.98. The molecule has 0 amide bonds. The lowest BCUT2D eigenvalue weighted by molar-refractivity contribution is 0.459. The fourth-order valence-corrected chi connectivity index (χ4v) is 2.03. The summed E-state index contributed by atoms with van der Waals surface area (Å²) in [6.45, 7) is 0. The average molecular weight is 266 g/mol. The normalized spacial score (nSPS) is 10.7. The first-order valence-electron chi connectivity index (χ1n) is 6.23. The lowest BCUT2D eigenvalue weighted by Gasteiger charge is -2.12. The van der Waals surface area contributed by atoms with Crippen LogP contribution >= 0.6 is 0 Å². The molecule has 1 N–H and O–H groups in total. The Morgan fingerprint density at radius 1 is 1.00 bits per heavy atom. The third-order valence-electron chi connectivity index (χ3n) is 3.12. The second kappa shape index (κ2) is 4.77. The van der Waals surface area contributed by atoms with Gasteiger partial charge in [-0.3, -0.25) is 4.98 Å². The van der Waals surface area contributed by atoms with E-state index in [1.54, 1.807) is 6.20 Å². The van der Waals surface area contributed by atoms with Gasteiger partial charge in [0, 0.05) is 37.7 Å². The van der Waals surface area contributed by atoms with Gasteiger partial charge < -0.3 is 10.0 Å². The van der Waals surface area contributed by atoms with Crippen molar-refractivity contribution in [2.75, 3.05) is 19.0 Å². The molecule has 100 valence electrons. The quantitative estimate of drug-likeness (QED) is 0.772. The fraction of sp³-hybridized carbons (Fsp3) is 0.133. The molecule has 3 aromatic rings. The second-order valence-corrected chi connectivity index (χ2v) is 4.70. The number of hydrogen-bond donors (Lipinski definition) is 1. The van der Waals surface area contributed by atoms with E-state index in [2.05, 4.69) is 15.0 Å². The zero-order valence-electron chi connectivity index (χ0n) is 11.3. The standard InChI is InChI=1S/C15H14N4O/c1-19(2)11-5-3-10(4-6-11)12-9-13-14(15(20)18-12)17-8-7-16-13/h3-9H,1-2H3,(H,18,20). The van der Waals surface area contributed by atoms with Crippen LogP contribution in [0, 0.1) is 0 Å². The molecule has 2 aromatic heterocycles. The van der Waals surface area contributed by atoms with Crippen molar-refractivity contribution in [3.05, 3.63) is 42.7 Å². The average Bonchev–Trinajstić information content (AvgIpc) is 2.47. The van der Waals surface area contributed by atoms with Crippen molar-refractivity contribution < 1.29 is 5.11 Å². The van der Waals surface area contributed by atoms with E-state index in [0.717, 1.165) is 11.3 Å². The van der Waals surface area contributed by atoms with Gasteiger partial charge in [-0.15, -0.1) is 0 Å². The molecule has 2 heterocycles. The van der Waals surface area contributed by atoms with E-state index in [1.165, 1.54) is 6.20 Å². The summed E-state index contributed by atoms with van der Waals surface area (Å²) in [5, 5.41) is 9.93. The van der Waals surface area contributed by atoms with Gasteiger partial charge in [-0.1, -0.05) is 12.1 Å². The molecule has 0 saturated heterocycles. The predicted octanol–water partition coefficient (Wildman–Crippen LogP) is 2.46. The highest BCUT2D eigenvalue weighted by atomic mass is 16.3. The minimum absolute atomic E-state index is 0.0951. The van der Waals surface area contributed by atoms with Crippen LogP contribution in [0.25, 0.3) is 22.3 Å². The van der Waals surface area contributed by atoms with Crippen LogP contribution < -0.4 is 4.90 Å². The molecule has 5 heteroatoms. The van der Waals surface area contributed by atoms with Crippen LogP contribution in [0.5, 0.6) is 5.88 Å². The predicted molar refractivity (Wildman–Crippen MR) is 78.8 cm³/mol. The Morgan fingerprint density at radius 2 is 1.70 bits per heavy atom. The summed E-state index contributed by atoms with van der Waals surface area (Å²) in [4.78, 5) is 14.5. The maximum atomic E-state index is 9.93. The van der Waals surface area contributed by atoms with Gasteiger partial charge in [-0.2, -0.15) is 0 Å². The number of hydrogen-bond acceptors (Lipinski definition) is 5. The Bertz CT molecular complexity index is 753. The summed E-state index contributed by atoms with van der Waals surface area (Å²) in [6.07, 6.45) is 3.13. The van der Waals surface area contributed by atoms with E-state index in [1.807, 2.05) is 49.3 Å². The zero-order chi connectivity index (χ0) is 14.1. The van der Waals surface area contributed by atoms with Crippen LogP contribution in [0.15, 0.2) is 42.7 Å². The van der Waals surface area contributed by atoms with Gasteiger partial charge in [-0.05, 0) is 18.2 Å². The van der Waals surface area contributed by atoms with E-state index in [-0.39, 0.29) is 5.88 Å². The van der Waals surface area contributed by atoms with Crippen LogP contribution in [0.4, 0.5) is 5.69 Å². The smallest absolute Gasteiger partial charge is 0.240 e. The van der Waals surface area contributed by atoms with Crippen molar-refractivity contribution in [3.8, 4) is 17.1 Å². The second-order valence-electron chi connectivity index (χ2n) is 4.70. The molecule has 0 bridgehead atoms. The molecule has 0 radical (unpaired) electrons. The highest BCUT2D eigenvalue weighted by Gasteiger charge is 2.08. The number of aromatic nitrogens is 3.